The van der Waals surface area contributed by atoms with E-state index >= 15 is 0 Å². The number of hydrogen-bond donors (Lipinski definition) is 2. The number of furan rings is 1. The van der Waals surface area contributed by atoms with Crippen LogP contribution in [0.1, 0.15) is 11.3 Å². The van der Waals surface area contributed by atoms with Gasteiger partial charge in [0.15, 0.2) is 0 Å². The molecule has 0 aliphatic carbocycles. The van der Waals surface area contributed by atoms with Crippen molar-refractivity contribution >= 4 is 28.4 Å². The first-order valence-electron chi connectivity index (χ1n) is 13.0. The first-order chi connectivity index (χ1) is 20.4. The number of para-hydroxylation sites is 1. The van der Waals surface area contributed by atoms with Gasteiger partial charge in [-0.15, -0.1) is 0 Å². The van der Waals surface area contributed by atoms with Crippen LogP contribution < -0.4 is 31.4 Å². The number of aromatic nitrogens is 2. The summed E-state index contributed by atoms with van der Waals surface area (Å²) < 4.78 is 18.0. The van der Waals surface area contributed by atoms with E-state index < -0.39 is 17.2 Å². The molecule has 0 bridgehead atoms. The molecule has 2 amide bonds. The fraction of sp³-hybridized carbons (Fsp3) is 0.161. The Kier molecular flexibility index (Phi) is 8.19. The van der Waals surface area contributed by atoms with Crippen molar-refractivity contribution < 1.29 is 23.5 Å². The highest BCUT2D eigenvalue weighted by molar-refractivity contribution is 5.92. The number of carbonyl (C=O) groups excluding carboxylic acids is 2. The normalized spacial score (nSPS) is 10.8. The van der Waals surface area contributed by atoms with Crippen LogP contribution in [0.4, 0.5) is 5.69 Å². The monoisotopic (exact) mass is 568 g/mol. The minimum absolute atomic E-state index is 0.104. The van der Waals surface area contributed by atoms with Crippen molar-refractivity contribution in [3.05, 3.63) is 117 Å². The minimum atomic E-state index is -0.680. The van der Waals surface area contributed by atoms with Gasteiger partial charge < -0.3 is 24.5 Å². The molecule has 11 nitrogen and oxygen atoms in total. The molecule has 2 heterocycles. The smallest absolute Gasteiger partial charge is 0.336 e. The highest BCUT2D eigenvalue weighted by atomic mass is 16.5. The van der Waals surface area contributed by atoms with Gasteiger partial charge in [-0.05, 0) is 42.0 Å². The number of nitrogens with zero attached hydrogens (tertiary/aromatic N) is 2. The number of ether oxygens (including phenoxy) is 2. The molecular formula is C31H28N4O7. The Hall–Kier alpha value is -5.58. The molecule has 2 N–H and O–H groups in total. The third kappa shape index (κ3) is 6.09. The van der Waals surface area contributed by atoms with E-state index in [1.165, 1.54) is 25.0 Å². The topological polar surface area (TPSA) is 134 Å². The lowest BCUT2D eigenvalue weighted by Gasteiger charge is -2.15. The molecular weight excluding hydrogens is 540 g/mol. The summed E-state index contributed by atoms with van der Waals surface area (Å²) in [6, 6.07) is 21.6. The molecule has 0 radical (unpaired) electrons. The summed E-state index contributed by atoms with van der Waals surface area (Å²) in [5.41, 5.74) is 0.549. The third-order valence-corrected chi connectivity index (χ3v) is 6.59. The standard InChI is InChI=1S/C31H28N4O7/c1-40-24-15-21(16-25(17-24)41-2)33-29(37)19-34-27-8-4-3-7-26(27)30(38)35(31(34)39)22-11-9-20(10-12-22)14-28(36)32-18-23-6-5-13-42-23/h3-13,15-17H,14,18-19H2,1-2H3,(H,32,36)(H,33,37). The Balaban J connectivity index is 1.41. The molecule has 0 spiro atoms. The van der Waals surface area contributed by atoms with E-state index in [0.717, 1.165) is 4.57 Å². The number of nitrogens with one attached hydrogen (secondary N) is 2. The second-order valence-electron chi connectivity index (χ2n) is 9.38. The molecule has 0 saturated carbocycles. The van der Waals surface area contributed by atoms with Gasteiger partial charge in [-0.1, -0.05) is 24.3 Å². The number of benzene rings is 3. The number of hydrogen-bond acceptors (Lipinski definition) is 7. The van der Waals surface area contributed by atoms with Crippen LogP contribution in [0.3, 0.4) is 0 Å². The molecule has 5 rings (SSSR count). The molecule has 0 fully saturated rings. The van der Waals surface area contributed by atoms with Crippen molar-refractivity contribution in [2.75, 3.05) is 19.5 Å². The Morgan fingerprint density at radius 1 is 0.857 bits per heavy atom. The van der Waals surface area contributed by atoms with Crippen LogP contribution in [-0.2, 0) is 29.1 Å². The van der Waals surface area contributed by atoms with E-state index in [1.54, 1.807) is 78.9 Å². The predicted octanol–water partition coefficient (Wildman–Crippen LogP) is 3.26. The van der Waals surface area contributed by atoms with Crippen LogP contribution >= 0.6 is 0 Å². The average molecular weight is 569 g/mol. The minimum Gasteiger partial charge on any atom is -0.497 e. The molecule has 11 heteroatoms. The summed E-state index contributed by atoms with van der Waals surface area (Å²) in [6.07, 6.45) is 1.64. The fourth-order valence-corrected chi connectivity index (χ4v) is 4.53. The predicted molar refractivity (Wildman–Crippen MR) is 156 cm³/mol. The number of fused-ring (bicyclic) bond motifs is 1. The van der Waals surface area contributed by atoms with E-state index in [2.05, 4.69) is 10.6 Å². The first kappa shape index (κ1) is 28.0. The zero-order chi connectivity index (χ0) is 29.6. The van der Waals surface area contributed by atoms with Crippen molar-refractivity contribution in [1.29, 1.82) is 0 Å². The molecule has 0 saturated heterocycles. The maximum Gasteiger partial charge on any atom is 0.336 e. The molecule has 0 unspecified atom stereocenters. The van der Waals surface area contributed by atoms with Crippen molar-refractivity contribution in [2.24, 2.45) is 0 Å². The molecule has 5 aromatic rings. The van der Waals surface area contributed by atoms with E-state index in [1.807, 2.05) is 0 Å². The Morgan fingerprint density at radius 3 is 2.24 bits per heavy atom. The summed E-state index contributed by atoms with van der Waals surface area (Å²) in [5, 5.41) is 5.81. The number of methoxy groups -OCH3 is 2. The lowest BCUT2D eigenvalue weighted by molar-refractivity contribution is -0.120. The molecule has 214 valence electrons. The van der Waals surface area contributed by atoms with Gasteiger partial charge in [0, 0.05) is 23.9 Å². The molecule has 2 aromatic heterocycles. The van der Waals surface area contributed by atoms with Gasteiger partial charge >= 0.3 is 5.69 Å². The zero-order valence-electron chi connectivity index (χ0n) is 23.0. The largest absolute Gasteiger partial charge is 0.497 e. The van der Waals surface area contributed by atoms with Gasteiger partial charge in [0.2, 0.25) is 11.8 Å². The SMILES string of the molecule is COc1cc(NC(=O)Cn2c(=O)n(-c3ccc(CC(=O)NCc4ccco4)cc3)c(=O)c3ccccc32)cc(OC)c1. The summed E-state index contributed by atoms with van der Waals surface area (Å²) in [5.74, 6) is 0.920. The average Bonchev–Trinajstić information content (AvgIpc) is 3.53. The van der Waals surface area contributed by atoms with Crippen LogP contribution in [0.15, 0.2) is 99.1 Å². The number of carbonyl (C=O) groups is 2. The van der Waals surface area contributed by atoms with Crippen LogP contribution in [0, 0.1) is 0 Å². The first-order valence-corrected chi connectivity index (χ1v) is 13.0. The van der Waals surface area contributed by atoms with Crippen LogP contribution in [0.25, 0.3) is 16.6 Å². The van der Waals surface area contributed by atoms with Gasteiger partial charge in [-0.2, -0.15) is 0 Å². The molecule has 3 aromatic carbocycles. The maximum absolute atomic E-state index is 13.7. The highest BCUT2D eigenvalue weighted by Crippen LogP contribution is 2.25. The van der Waals surface area contributed by atoms with Crippen molar-refractivity contribution in [1.82, 2.24) is 14.5 Å². The van der Waals surface area contributed by atoms with Gasteiger partial charge in [0.05, 0.1) is 50.0 Å². The Labute approximate surface area is 239 Å². The molecule has 0 aliphatic rings. The van der Waals surface area contributed by atoms with Gasteiger partial charge in [-0.3, -0.25) is 19.0 Å². The van der Waals surface area contributed by atoms with Crippen molar-refractivity contribution in [3.8, 4) is 17.2 Å². The van der Waals surface area contributed by atoms with Crippen molar-refractivity contribution in [3.63, 3.8) is 0 Å². The number of anilines is 1. The summed E-state index contributed by atoms with van der Waals surface area (Å²) in [4.78, 5) is 52.6. The van der Waals surface area contributed by atoms with Crippen LogP contribution in [-0.4, -0.2) is 35.2 Å². The molecule has 0 aliphatic heterocycles. The van der Waals surface area contributed by atoms with Gasteiger partial charge in [-0.25, -0.2) is 9.36 Å². The molecule has 0 atom stereocenters. The van der Waals surface area contributed by atoms with E-state index in [0.29, 0.717) is 39.7 Å². The van der Waals surface area contributed by atoms with Crippen molar-refractivity contribution in [2.45, 2.75) is 19.5 Å². The zero-order valence-corrected chi connectivity index (χ0v) is 23.0. The second-order valence-corrected chi connectivity index (χ2v) is 9.38. The van der Waals surface area contributed by atoms with Gasteiger partial charge in [0.25, 0.3) is 5.56 Å². The fourth-order valence-electron chi connectivity index (χ4n) is 4.53. The number of rotatable bonds is 10. The lowest BCUT2D eigenvalue weighted by Crippen LogP contribution is -2.40. The lowest BCUT2D eigenvalue weighted by atomic mass is 10.1. The van der Waals surface area contributed by atoms with Gasteiger partial charge in [0.1, 0.15) is 23.8 Å². The highest BCUT2D eigenvalue weighted by Gasteiger charge is 2.17. The maximum atomic E-state index is 13.7. The Bertz CT molecular complexity index is 1830. The summed E-state index contributed by atoms with van der Waals surface area (Å²) in [7, 11) is 3.00. The summed E-state index contributed by atoms with van der Waals surface area (Å²) >= 11 is 0. The van der Waals surface area contributed by atoms with E-state index in [9.17, 15) is 19.2 Å². The third-order valence-electron chi connectivity index (χ3n) is 6.59. The van der Waals surface area contributed by atoms with Crippen LogP contribution in [0.2, 0.25) is 0 Å². The summed E-state index contributed by atoms with van der Waals surface area (Å²) in [6.45, 7) is -0.0814. The molecule has 42 heavy (non-hydrogen) atoms. The van der Waals surface area contributed by atoms with E-state index in [4.69, 9.17) is 13.9 Å². The Morgan fingerprint density at radius 2 is 1.57 bits per heavy atom. The second kappa shape index (κ2) is 12.3. The number of amides is 2. The van der Waals surface area contributed by atoms with E-state index in [-0.39, 0.29) is 30.8 Å². The van der Waals surface area contributed by atoms with Crippen LogP contribution in [0.5, 0.6) is 11.5 Å². The quantitative estimate of drug-likeness (QED) is 0.264.